The molecule has 0 saturated carbocycles. The molecule has 0 radical (unpaired) electrons. The summed E-state index contributed by atoms with van der Waals surface area (Å²) in [4.78, 5) is 7.54. The molecular formula is C12H8ClF3N2O2. The molecule has 0 spiro atoms. The lowest BCUT2D eigenvalue weighted by Crippen LogP contribution is -2.17. The van der Waals surface area contributed by atoms with Gasteiger partial charge in [0.25, 0.3) is 0 Å². The number of rotatable bonds is 3. The van der Waals surface area contributed by atoms with Crippen molar-refractivity contribution in [1.82, 2.24) is 9.97 Å². The fourth-order valence-electron chi connectivity index (χ4n) is 1.36. The van der Waals surface area contributed by atoms with Crippen LogP contribution in [0.5, 0.6) is 17.4 Å². The van der Waals surface area contributed by atoms with E-state index in [9.17, 15) is 13.2 Å². The zero-order valence-electron chi connectivity index (χ0n) is 10.1. The minimum Gasteiger partial charge on any atom is -0.435 e. The van der Waals surface area contributed by atoms with Gasteiger partial charge in [0.05, 0.1) is 0 Å². The molecule has 2 rings (SSSR count). The van der Waals surface area contributed by atoms with Gasteiger partial charge < -0.3 is 9.47 Å². The van der Waals surface area contributed by atoms with Crippen LogP contribution in [0.15, 0.2) is 30.6 Å². The zero-order chi connectivity index (χ0) is 14.8. The van der Waals surface area contributed by atoms with Crippen LogP contribution < -0.4 is 9.47 Å². The van der Waals surface area contributed by atoms with E-state index in [0.29, 0.717) is 5.56 Å². The lowest BCUT2D eigenvalue weighted by Gasteiger charge is -2.14. The Bertz CT molecular complexity index is 620. The molecular weight excluding hydrogens is 297 g/mol. The molecule has 20 heavy (non-hydrogen) atoms. The third-order valence-corrected chi connectivity index (χ3v) is 2.64. The molecule has 1 aromatic heterocycles. The monoisotopic (exact) mass is 304 g/mol. The topological polar surface area (TPSA) is 44.2 Å². The maximum Gasteiger partial charge on any atom is 0.573 e. The Morgan fingerprint density at radius 3 is 2.40 bits per heavy atom. The number of ether oxygens (including phenoxy) is 2. The molecule has 0 amide bonds. The van der Waals surface area contributed by atoms with Crippen LogP contribution in [0.4, 0.5) is 13.2 Å². The summed E-state index contributed by atoms with van der Waals surface area (Å²) in [5, 5.41) is 0.157. The average molecular weight is 305 g/mol. The van der Waals surface area contributed by atoms with E-state index in [-0.39, 0.29) is 16.8 Å². The first-order valence-corrected chi connectivity index (χ1v) is 5.74. The van der Waals surface area contributed by atoms with Gasteiger partial charge >= 0.3 is 6.36 Å². The molecule has 4 nitrogen and oxygen atoms in total. The predicted molar refractivity (Wildman–Crippen MR) is 65.0 cm³/mol. The first-order chi connectivity index (χ1) is 9.37. The molecule has 0 aliphatic rings. The molecule has 0 bridgehead atoms. The molecule has 106 valence electrons. The highest BCUT2D eigenvalue weighted by Crippen LogP contribution is 2.35. The number of halogens is 4. The molecule has 2 aromatic rings. The van der Waals surface area contributed by atoms with E-state index in [4.69, 9.17) is 16.3 Å². The average Bonchev–Trinajstić information content (AvgIpc) is 2.35. The summed E-state index contributed by atoms with van der Waals surface area (Å²) in [5.74, 6) is -0.528. The summed E-state index contributed by atoms with van der Waals surface area (Å²) in [7, 11) is 0. The van der Waals surface area contributed by atoms with Crippen molar-refractivity contribution in [2.45, 2.75) is 13.3 Å². The number of aromatic nitrogens is 2. The van der Waals surface area contributed by atoms with Crippen molar-refractivity contribution >= 4 is 11.6 Å². The summed E-state index contributed by atoms with van der Waals surface area (Å²) in [6.45, 7) is 1.59. The van der Waals surface area contributed by atoms with Crippen LogP contribution in [-0.4, -0.2) is 16.3 Å². The number of alkyl halides is 3. The maximum absolute atomic E-state index is 12.3. The zero-order valence-corrected chi connectivity index (χ0v) is 10.9. The quantitative estimate of drug-likeness (QED) is 0.800. The second-order valence-electron chi connectivity index (χ2n) is 3.69. The van der Waals surface area contributed by atoms with Crippen LogP contribution in [0.3, 0.4) is 0 Å². The molecule has 8 heteroatoms. The molecule has 0 atom stereocenters. The molecule has 1 heterocycles. The first kappa shape index (κ1) is 14.4. The van der Waals surface area contributed by atoms with Gasteiger partial charge in [0.2, 0.25) is 5.88 Å². The van der Waals surface area contributed by atoms with Crippen LogP contribution in [0.25, 0.3) is 0 Å². The Kier molecular flexibility index (Phi) is 3.99. The molecule has 0 unspecified atom stereocenters. The molecule has 0 fully saturated rings. The lowest BCUT2D eigenvalue weighted by atomic mass is 10.3. The third kappa shape index (κ3) is 3.51. The normalized spacial score (nSPS) is 11.2. The lowest BCUT2D eigenvalue weighted by molar-refractivity contribution is -0.275. The van der Waals surface area contributed by atoms with Gasteiger partial charge in [-0.3, -0.25) is 0 Å². The molecule has 0 saturated heterocycles. The SMILES string of the molecule is Cc1c(Cl)ncnc1Oc1ccccc1OC(F)(F)F. The van der Waals surface area contributed by atoms with Crippen molar-refractivity contribution < 1.29 is 22.6 Å². The van der Waals surface area contributed by atoms with Gasteiger partial charge in [-0.1, -0.05) is 23.7 Å². The fraction of sp³-hybridized carbons (Fsp3) is 0.167. The standard InChI is InChI=1S/C12H8ClF3N2O2/c1-7-10(13)17-6-18-11(7)19-8-4-2-3-5-9(8)20-12(14,15)16/h2-6H,1H3. The Hall–Kier alpha value is -2.02. The summed E-state index contributed by atoms with van der Waals surface area (Å²) >= 11 is 5.78. The molecule has 1 aromatic carbocycles. The van der Waals surface area contributed by atoms with Crippen molar-refractivity contribution in [2.75, 3.05) is 0 Å². The second-order valence-corrected chi connectivity index (χ2v) is 4.05. The van der Waals surface area contributed by atoms with Crippen molar-refractivity contribution in [3.8, 4) is 17.4 Å². The summed E-state index contributed by atoms with van der Waals surface area (Å²) < 4.78 is 46.0. The summed E-state index contributed by atoms with van der Waals surface area (Å²) in [6.07, 6.45) is -3.66. The van der Waals surface area contributed by atoms with Crippen molar-refractivity contribution in [1.29, 1.82) is 0 Å². The van der Waals surface area contributed by atoms with E-state index in [1.807, 2.05) is 0 Å². The van der Waals surface area contributed by atoms with Crippen LogP contribution in [0, 0.1) is 6.92 Å². The first-order valence-electron chi connectivity index (χ1n) is 5.36. The Morgan fingerprint density at radius 1 is 1.10 bits per heavy atom. The van der Waals surface area contributed by atoms with Crippen molar-refractivity contribution in [2.24, 2.45) is 0 Å². The Balaban J connectivity index is 2.32. The van der Waals surface area contributed by atoms with E-state index in [2.05, 4.69) is 14.7 Å². The number of nitrogens with zero attached hydrogens (tertiary/aromatic N) is 2. The van der Waals surface area contributed by atoms with Gasteiger partial charge in [-0.05, 0) is 19.1 Å². The maximum atomic E-state index is 12.3. The summed E-state index contributed by atoms with van der Waals surface area (Å²) in [6, 6.07) is 5.38. The minimum absolute atomic E-state index is 0.0585. The third-order valence-electron chi connectivity index (χ3n) is 2.26. The van der Waals surface area contributed by atoms with Gasteiger partial charge in [0.1, 0.15) is 11.5 Å². The van der Waals surface area contributed by atoms with Crippen LogP contribution in [0.2, 0.25) is 5.15 Å². The van der Waals surface area contributed by atoms with Gasteiger partial charge in [0, 0.05) is 5.56 Å². The number of benzene rings is 1. The van der Waals surface area contributed by atoms with Gasteiger partial charge in [-0.25, -0.2) is 9.97 Å². The van der Waals surface area contributed by atoms with Gasteiger partial charge in [-0.2, -0.15) is 0 Å². The predicted octanol–water partition coefficient (Wildman–Crippen LogP) is 4.13. The van der Waals surface area contributed by atoms with E-state index in [0.717, 1.165) is 12.4 Å². The fourth-order valence-corrected chi connectivity index (χ4v) is 1.49. The van der Waals surface area contributed by atoms with Gasteiger partial charge in [-0.15, -0.1) is 13.2 Å². The number of para-hydroxylation sites is 2. The van der Waals surface area contributed by atoms with E-state index < -0.39 is 12.1 Å². The minimum atomic E-state index is -4.81. The van der Waals surface area contributed by atoms with Gasteiger partial charge in [0.15, 0.2) is 11.5 Å². The molecule has 0 N–H and O–H groups in total. The van der Waals surface area contributed by atoms with Crippen LogP contribution in [0.1, 0.15) is 5.56 Å². The highest BCUT2D eigenvalue weighted by molar-refractivity contribution is 6.30. The van der Waals surface area contributed by atoms with E-state index in [1.54, 1.807) is 6.92 Å². The summed E-state index contributed by atoms with van der Waals surface area (Å²) in [5.41, 5.74) is 0.413. The second kappa shape index (κ2) is 5.54. The molecule has 0 aliphatic carbocycles. The van der Waals surface area contributed by atoms with E-state index in [1.165, 1.54) is 18.2 Å². The Labute approximate surface area is 117 Å². The number of hydrogen-bond donors (Lipinski definition) is 0. The van der Waals surface area contributed by atoms with Crippen molar-refractivity contribution in [3.05, 3.63) is 41.3 Å². The van der Waals surface area contributed by atoms with Crippen molar-refractivity contribution in [3.63, 3.8) is 0 Å². The number of hydrogen-bond acceptors (Lipinski definition) is 4. The van der Waals surface area contributed by atoms with E-state index >= 15 is 0 Å². The van der Waals surface area contributed by atoms with Crippen LogP contribution in [-0.2, 0) is 0 Å². The molecule has 0 aliphatic heterocycles. The smallest absolute Gasteiger partial charge is 0.435 e. The largest absolute Gasteiger partial charge is 0.573 e. The highest BCUT2D eigenvalue weighted by atomic mass is 35.5. The Morgan fingerprint density at radius 2 is 1.75 bits per heavy atom. The highest BCUT2D eigenvalue weighted by Gasteiger charge is 2.32. The van der Waals surface area contributed by atoms with Crippen LogP contribution >= 0.6 is 11.6 Å².